The number of benzene rings is 1. The monoisotopic (exact) mass is 328 g/mol. The fraction of sp³-hybridized carbons (Fsp3) is 0.538. The van der Waals surface area contributed by atoms with Gasteiger partial charge < -0.3 is 10.5 Å². The van der Waals surface area contributed by atoms with E-state index in [1.165, 1.54) is 6.07 Å². The van der Waals surface area contributed by atoms with Crippen molar-refractivity contribution in [3.05, 3.63) is 32.3 Å². The van der Waals surface area contributed by atoms with Crippen molar-refractivity contribution in [2.75, 3.05) is 0 Å². The molecule has 2 unspecified atom stereocenters. The van der Waals surface area contributed by atoms with Crippen LogP contribution in [-0.2, 0) is 0 Å². The number of ether oxygens (including phenoxy) is 1. The molecule has 1 fully saturated rings. The molecule has 1 aromatic rings. The van der Waals surface area contributed by atoms with Crippen LogP contribution in [0.2, 0.25) is 0 Å². The van der Waals surface area contributed by atoms with Gasteiger partial charge in [-0.3, -0.25) is 10.1 Å². The molecule has 1 aliphatic carbocycles. The Morgan fingerprint density at radius 2 is 2.21 bits per heavy atom. The molecule has 104 valence electrons. The largest absolute Gasteiger partial charge is 0.489 e. The number of halogens is 1. The predicted octanol–water partition coefficient (Wildman–Crippen LogP) is 3.31. The van der Waals surface area contributed by atoms with Crippen molar-refractivity contribution in [2.24, 2.45) is 5.73 Å². The molecule has 0 saturated heterocycles. The Kier molecular flexibility index (Phi) is 4.42. The molecule has 0 spiro atoms. The highest BCUT2D eigenvalue weighted by Crippen LogP contribution is 2.34. The van der Waals surface area contributed by atoms with E-state index in [-0.39, 0.29) is 22.8 Å². The highest BCUT2D eigenvalue weighted by molar-refractivity contribution is 9.10. The lowest BCUT2D eigenvalue weighted by Gasteiger charge is -2.27. The minimum absolute atomic E-state index is 0.0968. The van der Waals surface area contributed by atoms with E-state index in [1.54, 1.807) is 13.0 Å². The fourth-order valence-electron chi connectivity index (χ4n) is 2.40. The van der Waals surface area contributed by atoms with Gasteiger partial charge in [-0.15, -0.1) is 0 Å². The van der Waals surface area contributed by atoms with Crippen molar-refractivity contribution in [2.45, 2.75) is 44.8 Å². The quantitative estimate of drug-likeness (QED) is 0.681. The Morgan fingerprint density at radius 3 is 2.84 bits per heavy atom. The average molecular weight is 329 g/mol. The molecule has 0 aromatic heterocycles. The lowest BCUT2D eigenvalue weighted by molar-refractivity contribution is -0.385. The van der Waals surface area contributed by atoms with Gasteiger partial charge in [0.15, 0.2) is 0 Å². The van der Waals surface area contributed by atoms with Crippen molar-refractivity contribution in [1.82, 2.24) is 0 Å². The van der Waals surface area contributed by atoms with Gasteiger partial charge in [-0.2, -0.15) is 0 Å². The summed E-state index contributed by atoms with van der Waals surface area (Å²) in [6.07, 6.45) is 4.02. The third-order valence-electron chi connectivity index (χ3n) is 3.41. The van der Waals surface area contributed by atoms with Gasteiger partial charge in [0.1, 0.15) is 11.9 Å². The minimum atomic E-state index is -0.388. The van der Waals surface area contributed by atoms with E-state index in [2.05, 4.69) is 15.9 Å². The summed E-state index contributed by atoms with van der Waals surface area (Å²) in [5.74, 6) is 0.655. The van der Waals surface area contributed by atoms with E-state index in [0.717, 1.165) is 25.7 Å². The van der Waals surface area contributed by atoms with Crippen molar-refractivity contribution in [3.63, 3.8) is 0 Å². The summed E-state index contributed by atoms with van der Waals surface area (Å²) in [5.41, 5.74) is 6.63. The number of nitrogens with zero attached hydrogens (tertiary/aromatic N) is 1. The van der Waals surface area contributed by atoms with Crippen LogP contribution in [0.3, 0.4) is 0 Å². The second-order valence-electron chi connectivity index (χ2n) is 4.99. The summed E-state index contributed by atoms with van der Waals surface area (Å²) >= 11 is 3.33. The molecule has 2 N–H and O–H groups in total. The van der Waals surface area contributed by atoms with Gasteiger partial charge in [0.05, 0.1) is 9.40 Å². The summed E-state index contributed by atoms with van der Waals surface area (Å²) < 4.78 is 6.54. The molecule has 6 heteroatoms. The molecule has 0 bridgehead atoms. The maximum Gasteiger partial charge on any atom is 0.273 e. The highest BCUT2D eigenvalue weighted by atomic mass is 79.9. The Morgan fingerprint density at radius 1 is 1.47 bits per heavy atom. The number of aryl methyl sites for hydroxylation is 1. The first kappa shape index (κ1) is 14.3. The molecule has 2 rings (SSSR count). The van der Waals surface area contributed by atoms with E-state index in [9.17, 15) is 10.1 Å². The average Bonchev–Trinajstić information content (AvgIpc) is 2.33. The molecular formula is C13H17BrN2O3. The van der Waals surface area contributed by atoms with Crippen LogP contribution >= 0.6 is 15.9 Å². The van der Waals surface area contributed by atoms with E-state index < -0.39 is 0 Å². The molecule has 1 aromatic carbocycles. The molecule has 5 nitrogen and oxygen atoms in total. The maximum absolute atomic E-state index is 10.8. The summed E-state index contributed by atoms with van der Waals surface area (Å²) in [6, 6.07) is 3.40. The van der Waals surface area contributed by atoms with Gasteiger partial charge in [-0.05, 0) is 54.6 Å². The van der Waals surface area contributed by atoms with E-state index in [4.69, 9.17) is 10.5 Å². The van der Waals surface area contributed by atoms with Gasteiger partial charge in [0.2, 0.25) is 0 Å². The number of nitrogens with two attached hydrogens (primary N) is 1. The van der Waals surface area contributed by atoms with Crippen molar-refractivity contribution >= 4 is 21.6 Å². The molecule has 19 heavy (non-hydrogen) atoms. The second kappa shape index (κ2) is 5.88. The Balaban J connectivity index is 2.16. The second-order valence-corrected chi connectivity index (χ2v) is 5.85. The van der Waals surface area contributed by atoms with Crippen LogP contribution < -0.4 is 10.5 Å². The molecule has 0 heterocycles. The maximum atomic E-state index is 10.8. The van der Waals surface area contributed by atoms with Gasteiger partial charge >= 0.3 is 0 Å². The zero-order valence-electron chi connectivity index (χ0n) is 10.8. The Bertz CT molecular complexity index is 493. The zero-order chi connectivity index (χ0) is 14.0. The lowest BCUT2D eigenvalue weighted by atomic mass is 9.93. The summed E-state index contributed by atoms with van der Waals surface area (Å²) in [6.45, 7) is 1.71. The molecular weight excluding hydrogens is 312 g/mol. The third kappa shape index (κ3) is 3.45. The van der Waals surface area contributed by atoms with Gasteiger partial charge in [0.25, 0.3) is 5.69 Å². The fourth-order valence-corrected chi connectivity index (χ4v) is 2.82. The zero-order valence-corrected chi connectivity index (χ0v) is 12.4. The SMILES string of the molecule is Cc1cc(OC2CCCC(N)C2)c(Br)cc1[N+](=O)[O-]. The number of rotatable bonds is 3. The topological polar surface area (TPSA) is 78.4 Å². The number of hydrogen-bond acceptors (Lipinski definition) is 4. The summed E-state index contributed by atoms with van der Waals surface area (Å²) in [7, 11) is 0. The summed E-state index contributed by atoms with van der Waals surface area (Å²) in [5, 5.41) is 10.8. The van der Waals surface area contributed by atoms with Crippen LogP contribution in [-0.4, -0.2) is 17.1 Å². The van der Waals surface area contributed by atoms with Crippen molar-refractivity contribution < 1.29 is 9.66 Å². The number of hydrogen-bond donors (Lipinski definition) is 1. The Hall–Kier alpha value is -1.14. The lowest BCUT2D eigenvalue weighted by Crippen LogP contribution is -2.33. The molecule has 0 aliphatic heterocycles. The van der Waals surface area contributed by atoms with Crippen LogP contribution in [0.4, 0.5) is 5.69 Å². The number of nitro benzene ring substituents is 1. The van der Waals surface area contributed by atoms with Gasteiger partial charge in [0, 0.05) is 17.7 Å². The molecule has 1 saturated carbocycles. The van der Waals surface area contributed by atoms with Crippen LogP contribution in [0.15, 0.2) is 16.6 Å². The van der Waals surface area contributed by atoms with E-state index in [0.29, 0.717) is 15.8 Å². The first-order chi connectivity index (χ1) is 8.97. The van der Waals surface area contributed by atoms with Crippen LogP contribution in [0, 0.1) is 17.0 Å². The van der Waals surface area contributed by atoms with Crippen molar-refractivity contribution in [1.29, 1.82) is 0 Å². The standard InChI is InChI=1S/C13H17BrN2O3/c1-8-5-13(11(14)7-12(8)16(17)18)19-10-4-2-3-9(15)6-10/h5,7,9-10H,2-4,6,15H2,1H3. The number of nitro groups is 1. The predicted molar refractivity (Wildman–Crippen MR) is 76.4 cm³/mol. The van der Waals surface area contributed by atoms with Crippen LogP contribution in [0.5, 0.6) is 5.75 Å². The molecule has 1 aliphatic rings. The van der Waals surface area contributed by atoms with E-state index >= 15 is 0 Å². The van der Waals surface area contributed by atoms with Crippen LogP contribution in [0.1, 0.15) is 31.2 Å². The van der Waals surface area contributed by atoms with Crippen LogP contribution in [0.25, 0.3) is 0 Å². The first-order valence-corrected chi connectivity index (χ1v) is 7.13. The summed E-state index contributed by atoms with van der Waals surface area (Å²) in [4.78, 5) is 10.5. The van der Waals surface area contributed by atoms with E-state index in [1.807, 2.05) is 0 Å². The highest BCUT2D eigenvalue weighted by Gasteiger charge is 2.22. The molecule has 2 atom stereocenters. The van der Waals surface area contributed by atoms with Gasteiger partial charge in [-0.1, -0.05) is 0 Å². The first-order valence-electron chi connectivity index (χ1n) is 6.34. The molecule has 0 amide bonds. The minimum Gasteiger partial charge on any atom is -0.489 e. The Labute approximate surface area is 120 Å². The van der Waals surface area contributed by atoms with Gasteiger partial charge in [-0.25, -0.2) is 0 Å². The normalized spacial score (nSPS) is 23.1. The molecule has 0 radical (unpaired) electrons. The smallest absolute Gasteiger partial charge is 0.273 e. The van der Waals surface area contributed by atoms with Crippen molar-refractivity contribution in [3.8, 4) is 5.75 Å². The third-order valence-corrected chi connectivity index (χ3v) is 4.03.